The van der Waals surface area contributed by atoms with Gasteiger partial charge in [-0.15, -0.1) is 0 Å². The Morgan fingerprint density at radius 3 is 2.29 bits per heavy atom. The van der Waals surface area contributed by atoms with Gasteiger partial charge < -0.3 is 39.1 Å². The molecule has 3 N–H and O–H groups in total. The van der Waals surface area contributed by atoms with Crippen molar-refractivity contribution in [1.82, 2.24) is 16.1 Å². The Hall–Kier alpha value is -5.27. The third-order valence-corrected chi connectivity index (χ3v) is 5.81. The van der Waals surface area contributed by atoms with Crippen molar-refractivity contribution in [2.75, 3.05) is 41.2 Å². The fraction of sp³-hybridized carbons (Fsp3) is 0.321. The molecule has 0 saturated carbocycles. The summed E-state index contributed by atoms with van der Waals surface area (Å²) in [6, 6.07) is 8.40. The van der Waals surface area contributed by atoms with Crippen LogP contribution in [0.3, 0.4) is 0 Å². The van der Waals surface area contributed by atoms with E-state index in [0.717, 1.165) is 0 Å². The Morgan fingerprint density at radius 2 is 1.62 bits per heavy atom. The fourth-order valence-corrected chi connectivity index (χ4v) is 3.84. The quantitative estimate of drug-likeness (QED) is 0.180. The number of amides is 3. The van der Waals surface area contributed by atoms with E-state index in [1.807, 2.05) is 0 Å². The zero-order valence-corrected chi connectivity index (χ0v) is 23.8. The van der Waals surface area contributed by atoms with E-state index >= 15 is 0 Å². The summed E-state index contributed by atoms with van der Waals surface area (Å²) in [5, 5.41) is 9.21. The molecule has 3 rings (SSSR count). The van der Waals surface area contributed by atoms with Crippen LogP contribution in [0.25, 0.3) is 0 Å². The number of ether oxygens (including phenoxy) is 6. The van der Waals surface area contributed by atoms with Crippen molar-refractivity contribution >= 4 is 30.1 Å². The first-order chi connectivity index (χ1) is 20.2. The molecule has 2 aromatic carbocycles. The molecule has 1 aliphatic rings. The van der Waals surface area contributed by atoms with Gasteiger partial charge in [-0.3, -0.25) is 4.79 Å². The highest BCUT2D eigenvalue weighted by Crippen LogP contribution is 2.34. The molecule has 3 amide bonds. The Morgan fingerprint density at radius 1 is 0.952 bits per heavy atom. The first-order valence-corrected chi connectivity index (χ1v) is 12.7. The largest absolute Gasteiger partial charge is 0.493 e. The SMILES string of the molecule is CCOC(=O)C1=C(C)NC(=O)N[C@H]1c1ccc(OCC(=O)N/N=C\c2ccc(OCC(=O)OC)c(OC)c2)c(OC)c1. The predicted molar refractivity (Wildman–Crippen MR) is 148 cm³/mol. The summed E-state index contributed by atoms with van der Waals surface area (Å²) in [7, 11) is 4.12. The number of methoxy groups -OCH3 is 3. The van der Waals surface area contributed by atoms with E-state index in [0.29, 0.717) is 28.3 Å². The lowest BCUT2D eigenvalue weighted by atomic mass is 9.95. The summed E-state index contributed by atoms with van der Waals surface area (Å²) >= 11 is 0. The van der Waals surface area contributed by atoms with Crippen molar-refractivity contribution < 1.29 is 47.6 Å². The van der Waals surface area contributed by atoms with Crippen LogP contribution in [-0.4, -0.2) is 71.2 Å². The molecule has 224 valence electrons. The maximum atomic E-state index is 12.6. The molecule has 0 saturated heterocycles. The van der Waals surface area contributed by atoms with Crippen LogP contribution in [-0.2, 0) is 23.9 Å². The molecule has 1 aliphatic heterocycles. The number of carbonyl (C=O) groups excluding carboxylic acids is 4. The third kappa shape index (κ3) is 8.13. The summed E-state index contributed by atoms with van der Waals surface area (Å²) < 4.78 is 31.4. The number of hydrazone groups is 1. The van der Waals surface area contributed by atoms with Gasteiger partial charge in [0, 0.05) is 5.70 Å². The first kappa shape index (κ1) is 31.3. The topological polar surface area (TPSA) is 172 Å². The zero-order chi connectivity index (χ0) is 30.6. The second kappa shape index (κ2) is 14.9. The number of allylic oxidation sites excluding steroid dienone is 1. The highest BCUT2D eigenvalue weighted by molar-refractivity contribution is 5.95. The summed E-state index contributed by atoms with van der Waals surface area (Å²) in [5.74, 6) is -0.418. The standard InChI is InChI=1S/C28H32N4O10/c1-6-40-27(35)25-16(2)30-28(36)31-26(25)18-8-10-20(22(12-18)38-4)41-14-23(33)32-29-13-17-7-9-19(21(11-17)37-3)42-15-24(34)39-5/h7-13,26H,6,14-15H2,1-5H3,(H,32,33)(H2,30,31,36)/b29-13-/t26-/m0/s1. The van der Waals surface area contributed by atoms with Crippen molar-refractivity contribution in [3.05, 3.63) is 58.8 Å². The van der Waals surface area contributed by atoms with Gasteiger partial charge >= 0.3 is 18.0 Å². The second-order valence-corrected chi connectivity index (χ2v) is 8.56. The van der Waals surface area contributed by atoms with Crippen molar-refractivity contribution in [3.8, 4) is 23.0 Å². The number of rotatable bonds is 13. The van der Waals surface area contributed by atoms with Gasteiger partial charge in [-0.1, -0.05) is 6.07 Å². The van der Waals surface area contributed by atoms with E-state index in [2.05, 4.69) is 25.9 Å². The van der Waals surface area contributed by atoms with Crippen LogP contribution >= 0.6 is 0 Å². The molecular weight excluding hydrogens is 552 g/mol. The Kier molecular flexibility index (Phi) is 11.1. The van der Waals surface area contributed by atoms with E-state index in [1.54, 1.807) is 50.2 Å². The number of esters is 2. The first-order valence-electron chi connectivity index (χ1n) is 12.7. The average molecular weight is 585 g/mol. The smallest absolute Gasteiger partial charge is 0.343 e. The number of nitrogens with zero attached hydrogens (tertiary/aromatic N) is 1. The fourth-order valence-electron chi connectivity index (χ4n) is 3.84. The lowest BCUT2D eigenvalue weighted by molar-refractivity contribution is -0.143. The predicted octanol–water partition coefficient (Wildman–Crippen LogP) is 1.98. The van der Waals surface area contributed by atoms with E-state index in [9.17, 15) is 19.2 Å². The van der Waals surface area contributed by atoms with Crippen LogP contribution in [0.5, 0.6) is 23.0 Å². The van der Waals surface area contributed by atoms with Gasteiger partial charge in [0.25, 0.3) is 5.91 Å². The molecule has 42 heavy (non-hydrogen) atoms. The second-order valence-electron chi connectivity index (χ2n) is 8.56. The average Bonchev–Trinajstić information content (AvgIpc) is 2.98. The summed E-state index contributed by atoms with van der Waals surface area (Å²) in [4.78, 5) is 48.3. The number of benzene rings is 2. The molecule has 0 unspecified atom stereocenters. The zero-order valence-electron chi connectivity index (χ0n) is 23.8. The highest BCUT2D eigenvalue weighted by atomic mass is 16.6. The van der Waals surface area contributed by atoms with Crippen LogP contribution in [0, 0.1) is 0 Å². The van der Waals surface area contributed by atoms with Gasteiger partial charge in [-0.25, -0.2) is 19.8 Å². The van der Waals surface area contributed by atoms with Crippen LogP contribution in [0.4, 0.5) is 4.79 Å². The Balaban J connectivity index is 1.63. The van der Waals surface area contributed by atoms with Crippen molar-refractivity contribution in [2.45, 2.75) is 19.9 Å². The molecule has 0 spiro atoms. The molecule has 2 aromatic rings. The third-order valence-electron chi connectivity index (χ3n) is 5.81. The minimum Gasteiger partial charge on any atom is -0.493 e. The molecule has 14 nitrogen and oxygen atoms in total. The van der Waals surface area contributed by atoms with Gasteiger partial charge in [0.05, 0.1) is 45.8 Å². The molecule has 1 atom stereocenters. The van der Waals surface area contributed by atoms with E-state index in [4.69, 9.17) is 23.7 Å². The van der Waals surface area contributed by atoms with Gasteiger partial charge in [0.2, 0.25) is 0 Å². The van der Waals surface area contributed by atoms with E-state index < -0.39 is 29.9 Å². The van der Waals surface area contributed by atoms with Crippen LogP contribution in [0.15, 0.2) is 52.8 Å². The monoisotopic (exact) mass is 584 g/mol. The Labute approximate surface area is 241 Å². The van der Waals surface area contributed by atoms with E-state index in [1.165, 1.54) is 27.5 Å². The number of hydrogen-bond acceptors (Lipinski definition) is 11. The Bertz CT molecular complexity index is 1390. The molecular formula is C28H32N4O10. The van der Waals surface area contributed by atoms with Gasteiger partial charge in [0.1, 0.15) is 0 Å². The molecule has 0 aromatic heterocycles. The van der Waals surface area contributed by atoms with Crippen molar-refractivity contribution in [3.63, 3.8) is 0 Å². The van der Waals surface area contributed by atoms with Gasteiger partial charge in [-0.2, -0.15) is 5.10 Å². The van der Waals surface area contributed by atoms with Crippen LogP contribution in [0.2, 0.25) is 0 Å². The maximum Gasteiger partial charge on any atom is 0.343 e. The molecule has 14 heteroatoms. The number of hydrogen-bond donors (Lipinski definition) is 3. The van der Waals surface area contributed by atoms with Crippen molar-refractivity contribution in [1.29, 1.82) is 0 Å². The summed E-state index contributed by atoms with van der Waals surface area (Å²) in [5.41, 5.74) is 4.13. The molecule has 0 aliphatic carbocycles. The number of carbonyl (C=O) groups is 4. The summed E-state index contributed by atoms with van der Waals surface area (Å²) in [6.45, 7) is 2.82. The normalized spacial score (nSPS) is 14.4. The lowest BCUT2D eigenvalue weighted by Gasteiger charge is -2.28. The molecule has 0 bridgehead atoms. The molecule has 1 heterocycles. The number of nitrogens with one attached hydrogen (secondary N) is 3. The van der Waals surface area contributed by atoms with Gasteiger partial charge in [-0.05, 0) is 55.3 Å². The van der Waals surface area contributed by atoms with Crippen LogP contribution in [0.1, 0.15) is 31.0 Å². The minimum absolute atomic E-state index is 0.173. The maximum absolute atomic E-state index is 12.6. The lowest BCUT2D eigenvalue weighted by Crippen LogP contribution is -2.45. The number of urea groups is 1. The van der Waals surface area contributed by atoms with Crippen LogP contribution < -0.4 is 35.0 Å². The highest BCUT2D eigenvalue weighted by Gasteiger charge is 2.32. The van der Waals surface area contributed by atoms with E-state index in [-0.39, 0.29) is 36.9 Å². The van der Waals surface area contributed by atoms with Gasteiger partial charge in [0.15, 0.2) is 36.2 Å². The minimum atomic E-state index is -0.787. The summed E-state index contributed by atoms with van der Waals surface area (Å²) in [6.07, 6.45) is 1.39. The molecule has 0 fully saturated rings. The molecule has 0 radical (unpaired) electrons. The van der Waals surface area contributed by atoms with Crippen molar-refractivity contribution in [2.24, 2.45) is 5.10 Å².